The smallest absolute Gasteiger partial charge is 0.341 e. The molecule has 0 saturated carbocycles. The summed E-state index contributed by atoms with van der Waals surface area (Å²) >= 11 is 0. The maximum Gasteiger partial charge on any atom is 0.341 e. The van der Waals surface area contributed by atoms with Gasteiger partial charge >= 0.3 is 5.97 Å². The third-order valence-corrected chi connectivity index (χ3v) is 4.22. The minimum atomic E-state index is -0.516. The fourth-order valence-corrected chi connectivity index (χ4v) is 2.91. The predicted octanol–water partition coefficient (Wildman–Crippen LogP) is 4.50. The third kappa shape index (κ3) is 3.42. The topological polar surface area (TPSA) is 40.5 Å². The first-order valence-electron chi connectivity index (χ1n) is 8.03. The van der Waals surface area contributed by atoms with Gasteiger partial charge in [-0.05, 0) is 47.6 Å². The summed E-state index contributed by atoms with van der Waals surface area (Å²) in [4.78, 5) is 12.7. The molecule has 0 aliphatic rings. The van der Waals surface area contributed by atoms with E-state index < -0.39 is 5.60 Å². The fourth-order valence-electron chi connectivity index (χ4n) is 2.91. The van der Waals surface area contributed by atoms with E-state index in [1.165, 1.54) is 0 Å². The molecular weight excluding hydrogens is 290 g/mol. The molecule has 4 nitrogen and oxygen atoms in total. The molecule has 4 heteroatoms. The van der Waals surface area contributed by atoms with Crippen molar-refractivity contribution in [2.45, 2.75) is 59.3 Å². The van der Waals surface area contributed by atoms with Crippen molar-refractivity contribution < 1.29 is 14.3 Å². The molecule has 0 saturated heterocycles. The molecular formula is C19H27NO3. The molecule has 2 rings (SSSR count). The van der Waals surface area contributed by atoms with Crippen LogP contribution in [0.4, 0.5) is 0 Å². The largest absolute Gasteiger partial charge is 0.456 e. The number of hydrogen-bond donors (Lipinski definition) is 0. The Labute approximate surface area is 138 Å². The number of nitrogens with zero attached hydrogens (tertiary/aromatic N) is 1. The van der Waals surface area contributed by atoms with E-state index in [4.69, 9.17) is 9.47 Å². The van der Waals surface area contributed by atoms with Crippen LogP contribution in [0.1, 0.15) is 56.7 Å². The molecule has 1 aromatic carbocycles. The number of fused-ring (bicyclic) bond motifs is 1. The Morgan fingerprint density at radius 1 is 1.17 bits per heavy atom. The highest BCUT2D eigenvalue weighted by Gasteiger charge is 2.27. The second kappa shape index (κ2) is 6.36. The molecule has 0 aliphatic carbocycles. The van der Waals surface area contributed by atoms with Gasteiger partial charge in [-0.3, -0.25) is 0 Å². The summed E-state index contributed by atoms with van der Waals surface area (Å²) in [7, 11) is 1.71. The molecule has 0 fully saturated rings. The van der Waals surface area contributed by atoms with Gasteiger partial charge in [-0.25, -0.2) is 4.79 Å². The zero-order valence-corrected chi connectivity index (χ0v) is 15.1. The number of ether oxygens (including phenoxy) is 2. The molecule has 0 radical (unpaired) electrons. The molecule has 1 heterocycles. The first-order valence-corrected chi connectivity index (χ1v) is 8.03. The number of benzene rings is 1. The molecule has 0 N–H and O–H groups in total. The zero-order chi connectivity index (χ0) is 17.4. The number of carbonyl (C=O) groups excluding carboxylic acids is 1. The average Bonchev–Trinajstić information content (AvgIpc) is 2.75. The number of carbonyl (C=O) groups is 1. The van der Waals surface area contributed by atoms with Crippen LogP contribution in [-0.4, -0.2) is 29.4 Å². The van der Waals surface area contributed by atoms with Gasteiger partial charge in [0.25, 0.3) is 0 Å². The Bertz CT molecular complexity index is 709. The van der Waals surface area contributed by atoms with Crippen molar-refractivity contribution in [2.24, 2.45) is 0 Å². The van der Waals surface area contributed by atoms with Gasteiger partial charge in [0.2, 0.25) is 0 Å². The average molecular weight is 317 g/mol. The molecule has 2 aromatic rings. The molecule has 2 atom stereocenters. The second-order valence-corrected chi connectivity index (χ2v) is 7.03. The van der Waals surface area contributed by atoms with E-state index in [0.29, 0.717) is 5.56 Å². The molecule has 0 spiro atoms. The summed E-state index contributed by atoms with van der Waals surface area (Å²) in [5, 5.41) is 0.925. The highest BCUT2D eigenvalue weighted by molar-refractivity contribution is 6.06. The van der Waals surface area contributed by atoms with Crippen molar-refractivity contribution in [3.63, 3.8) is 0 Å². The predicted molar refractivity (Wildman–Crippen MR) is 93.0 cm³/mol. The van der Waals surface area contributed by atoms with Crippen molar-refractivity contribution in [1.82, 2.24) is 4.57 Å². The van der Waals surface area contributed by atoms with Crippen LogP contribution in [0.15, 0.2) is 24.3 Å². The number of aromatic nitrogens is 1. The van der Waals surface area contributed by atoms with Crippen molar-refractivity contribution in [2.75, 3.05) is 7.11 Å². The maximum absolute atomic E-state index is 12.7. The number of para-hydroxylation sites is 1. The summed E-state index contributed by atoms with van der Waals surface area (Å²) in [6.45, 7) is 11.8. The lowest BCUT2D eigenvalue weighted by Gasteiger charge is -2.23. The molecule has 23 heavy (non-hydrogen) atoms. The highest BCUT2D eigenvalue weighted by atomic mass is 16.6. The van der Waals surface area contributed by atoms with Crippen LogP contribution in [0.25, 0.3) is 10.9 Å². The van der Waals surface area contributed by atoms with E-state index in [1.807, 2.05) is 58.9 Å². The third-order valence-electron chi connectivity index (χ3n) is 4.22. The minimum absolute atomic E-state index is 0.0380. The SMILES string of the molecule is COC(C)C(C)n1c(C)c(C(=O)OC(C)(C)C)c2ccccc21. The monoisotopic (exact) mass is 317 g/mol. The normalized spacial score (nSPS) is 14.7. The maximum atomic E-state index is 12.7. The molecule has 0 aliphatic heterocycles. The van der Waals surface area contributed by atoms with E-state index in [9.17, 15) is 4.79 Å². The zero-order valence-electron chi connectivity index (χ0n) is 15.1. The van der Waals surface area contributed by atoms with Crippen LogP contribution >= 0.6 is 0 Å². The van der Waals surface area contributed by atoms with Crippen molar-refractivity contribution >= 4 is 16.9 Å². The van der Waals surface area contributed by atoms with Gasteiger partial charge in [-0.1, -0.05) is 18.2 Å². The molecule has 0 bridgehead atoms. The Morgan fingerprint density at radius 2 is 1.78 bits per heavy atom. The van der Waals surface area contributed by atoms with Gasteiger partial charge in [0.1, 0.15) is 5.60 Å². The van der Waals surface area contributed by atoms with Gasteiger partial charge in [0.05, 0.1) is 17.7 Å². The summed E-state index contributed by atoms with van der Waals surface area (Å²) < 4.78 is 13.3. The quantitative estimate of drug-likeness (QED) is 0.779. The standard InChI is InChI=1S/C19H27NO3/c1-12(14(3)22-7)20-13(2)17(18(21)23-19(4,5)6)15-10-8-9-11-16(15)20/h8-12,14H,1-7H3. The van der Waals surface area contributed by atoms with Crippen LogP contribution in [0.5, 0.6) is 0 Å². The van der Waals surface area contributed by atoms with Crippen molar-refractivity contribution in [3.05, 3.63) is 35.5 Å². The lowest BCUT2D eigenvalue weighted by Crippen LogP contribution is -2.25. The minimum Gasteiger partial charge on any atom is -0.456 e. The van der Waals surface area contributed by atoms with Gasteiger partial charge in [0.15, 0.2) is 0 Å². The van der Waals surface area contributed by atoms with E-state index in [1.54, 1.807) is 7.11 Å². The van der Waals surface area contributed by atoms with Crippen LogP contribution in [0, 0.1) is 6.92 Å². The first-order chi connectivity index (χ1) is 10.7. The van der Waals surface area contributed by atoms with E-state index in [0.717, 1.165) is 16.6 Å². The van der Waals surface area contributed by atoms with Crippen LogP contribution in [0.3, 0.4) is 0 Å². The summed E-state index contributed by atoms with van der Waals surface area (Å²) in [5.41, 5.74) is 2.07. The van der Waals surface area contributed by atoms with Crippen LogP contribution in [-0.2, 0) is 9.47 Å². The van der Waals surface area contributed by atoms with Gasteiger partial charge in [-0.2, -0.15) is 0 Å². The fraction of sp³-hybridized carbons (Fsp3) is 0.526. The second-order valence-electron chi connectivity index (χ2n) is 7.03. The summed E-state index contributed by atoms with van der Waals surface area (Å²) in [6, 6.07) is 8.06. The van der Waals surface area contributed by atoms with Gasteiger partial charge in [-0.15, -0.1) is 0 Å². The van der Waals surface area contributed by atoms with Crippen molar-refractivity contribution in [3.8, 4) is 0 Å². The lowest BCUT2D eigenvalue weighted by atomic mass is 10.1. The summed E-state index contributed by atoms with van der Waals surface area (Å²) in [6.07, 6.45) is 0.0380. The summed E-state index contributed by atoms with van der Waals surface area (Å²) in [5.74, 6) is -0.276. The van der Waals surface area contributed by atoms with Gasteiger partial charge in [0, 0.05) is 23.7 Å². The highest BCUT2D eigenvalue weighted by Crippen LogP contribution is 2.32. The Kier molecular flexibility index (Phi) is 4.85. The number of methoxy groups -OCH3 is 1. The Balaban J connectivity index is 2.63. The number of rotatable bonds is 4. The Morgan fingerprint density at radius 3 is 2.35 bits per heavy atom. The van der Waals surface area contributed by atoms with Gasteiger partial charge < -0.3 is 14.0 Å². The van der Waals surface area contributed by atoms with E-state index in [-0.39, 0.29) is 18.1 Å². The van der Waals surface area contributed by atoms with Crippen LogP contribution < -0.4 is 0 Å². The lowest BCUT2D eigenvalue weighted by molar-refractivity contribution is 0.00701. The Hall–Kier alpha value is -1.81. The molecule has 2 unspecified atom stereocenters. The molecule has 126 valence electrons. The number of hydrogen-bond acceptors (Lipinski definition) is 3. The van der Waals surface area contributed by atoms with Crippen molar-refractivity contribution in [1.29, 1.82) is 0 Å². The molecule has 0 amide bonds. The first kappa shape index (κ1) is 17.5. The van der Waals surface area contributed by atoms with E-state index in [2.05, 4.69) is 11.5 Å². The van der Waals surface area contributed by atoms with Crippen LogP contribution in [0.2, 0.25) is 0 Å². The molecule has 1 aromatic heterocycles. The van der Waals surface area contributed by atoms with E-state index >= 15 is 0 Å². The number of esters is 1.